The molecule has 66 valence electrons. The summed E-state index contributed by atoms with van der Waals surface area (Å²) in [4.78, 5) is 0. The molecule has 3 heteroatoms. The van der Waals surface area contributed by atoms with Crippen LogP contribution in [0.15, 0.2) is 0 Å². The lowest BCUT2D eigenvalue weighted by molar-refractivity contribution is -0.0822. The second kappa shape index (κ2) is 3.09. The van der Waals surface area contributed by atoms with E-state index in [-0.39, 0.29) is 11.6 Å². The van der Waals surface area contributed by atoms with E-state index in [1.165, 1.54) is 6.42 Å². The van der Waals surface area contributed by atoms with E-state index in [0.717, 1.165) is 12.8 Å². The highest BCUT2D eigenvalue weighted by atomic mass is 16.3. The maximum atomic E-state index is 9.54. The minimum absolute atomic E-state index is 0.00868. The molecule has 0 aromatic heterocycles. The third kappa shape index (κ3) is 1.28. The second-order valence-corrected chi connectivity index (χ2v) is 3.42. The van der Waals surface area contributed by atoms with Crippen LogP contribution in [-0.4, -0.2) is 35.9 Å². The summed E-state index contributed by atoms with van der Waals surface area (Å²) in [6.45, 7) is 1.87. The van der Waals surface area contributed by atoms with Crippen molar-refractivity contribution in [1.29, 1.82) is 0 Å². The molecule has 2 N–H and O–H groups in total. The van der Waals surface area contributed by atoms with Gasteiger partial charge in [0.05, 0.1) is 11.6 Å². The van der Waals surface area contributed by atoms with Crippen LogP contribution in [0.2, 0.25) is 0 Å². The molecule has 1 atom stereocenters. The zero-order valence-electron chi connectivity index (χ0n) is 7.59. The fourth-order valence-corrected chi connectivity index (χ4v) is 1.80. The fourth-order valence-electron chi connectivity index (χ4n) is 1.80. The van der Waals surface area contributed by atoms with Gasteiger partial charge < -0.3 is 5.11 Å². The lowest BCUT2D eigenvalue weighted by atomic mass is 9.73. The molecule has 0 spiro atoms. The molecule has 0 bridgehead atoms. The number of hydrazine groups is 1. The standard InChI is InChI=1S/C8H18N2O/c1-7(11)8(5-4-6-8)10(3)9-2/h7,9,11H,4-6H2,1-3H3/t7-/m1/s1. The molecule has 0 saturated heterocycles. The molecule has 3 nitrogen and oxygen atoms in total. The van der Waals surface area contributed by atoms with Gasteiger partial charge >= 0.3 is 0 Å². The first-order valence-corrected chi connectivity index (χ1v) is 4.23. The quantitative estimate of drug-likeness (QED) is 0.582. The van der Waals surface area contributed by atoms with Crippen LogP contribution in [0.4, 0.5) is 0 Å². The van der Waals surface area contributed by atoms with Crippen molar-refractivity contribution in [3.8, 4) is 0 Å². The van der Waals surface area contributed by atoms with Crippen LogP contribution in [0.3, 0.4) is 0 Å². The van der Waals surface area contributed by atoms with Crippen LogP contribution in [0.1, 0.15) is 26.2 Å². The van der Waals surface area contributed by atoms with Gasteiger partial charge in [-0.05, 0) is 33.2 Å². The van der Waals surface area contributed by atoms with E-state index in [9.17, 15) is 5.11 Å². The van der Waals surface area contributed by atoms with E-state index >= 15 is 0 Å². The highest BCUT2D eigenvalue weighted by Gasteiger charge is 2.44. The SMILES string of the molecule is CNN(C)C1([C@@H](C)O)CCC1. The Hall–Kier alpha value is -0.120. The molecule has 1 aliphatic rings. The molecule has 0 aromatic rings. The number of aliphatic hydroxyl groups excluding tert-OH is 1. The van der Waals surface area contributed by atoms with Gasteiger partial charge in [0, 0.05) is 7.05 Å². The summed E-state index contributed by atoms with van der Waals surface area (Å²) in [6.07, 6.45) is 3.19. The molecule has 0 unspecified atom stereocenters. The normalized spacial score (nSPS) is 24.8. The molecule has 0 radical (unpaired) electrons. The van der Waals surface area contributed by atoms with Gasteiger partial charge in [0.15, 0.2) is 0 Å². The number of rotatable bonds is 3. The van der Waals surface area contributed by atoms with E-state index in [4.69, 9.17) is 0 Å². The van der Waals surface area contributed by atoms with Gasteiger partial charge in [-0.15, -0.1) is 0 Å². The van der Waals surface area contributed by atoms with E-state index in [1.54, 1.807) is 0 Å². The molecular weight excluding hydrogens is 140 g/mol. The number of likely N-dealkylation sites (N-methyl/N-ethyl adjacent to an activating group) is 1. The summed E-state index contributed by atoms with van der Waals surface area (Å²) in [5.41, 5.74) is 3.07. The summed E-state index contributed by atoms with van der Waals surface area (Å²) < 4.78 is 0. The van der Waals surface area contributed by atoms with Gasteiger partial charge in [-0.1, -0.05) is 0 Å². The van der Waals surface area contributed by atoms with Crippen LogP contribution >= 0.6 is 0 Å². The Morgan fingerprint density at radius 2 is 2.09 bits per heavy atom. The van der Waals surface area contributed by atoms with Crippen molar-refractivity contribution in [2.75, 3.05) is 14.1 Å². The number of hydrogen-bond acceptors (Lipinski definition) is 3. The summed E-state index contributed by atoms with van der Waals surface area (Å²) in [5, 5.41) is 11.6. The maximum Gasteiger partial charge on any atom is 0.0709 e. The van der Waals surface area contributed by atoms with Crippen LogP contribution < -0.4 is 5.43 Å². The third-order valence-corrected chi connectivity index (χ3v) is 3.00. The van der Waals surface area contributed by atoms with Crippen molar-refractivity contribution in [1.82, 2.24) is 10.4 Å². The first kappa shape index (κ1) is 8.97. The molecule has 11 heavy (non-hydrogen) atoms. The molecule has 1 saturated carbocycles. The molecule has 0 heterocycles. The van der Waals surface area contributed by atoms with Gasteiger partial charge in [0.2, 0.25) is 0 Å². The maximum absolute atomic E-state index is 9.54. The van der Waals surface area contributed by atoms with Gasteiger partial charge in [-0.25, -0.2) is 5.01 Å². The summed E-state index contributed by atoms with van der Waals surface area (Å²) >= 11 is 0. The summed E-state index contributed by atoms with van der Waals surface area (Å²) in [7, 11) is 3.88. The molecule has 1 fully saturated rings. The van der Waals surface area contributed by atoms with Crippen LogP contribution in [0.25, 0.3) is 0 Å². The van der Waals surface area contributed by atoms with Crippen molar-refractivity contribution in [3.63, 3.8) is 0 Å². The highest BCUT2D eigenvalue weighted by molar-refractivity contribution is 4.99. The van der Waals surface area contributed by atoms with Crippen LogP contribution in [-0.2, 0) is 0 Å². The average Bonchev–Trinajstić information content (AvgIpc) is 1.84. The zero-order valence-corrected chi connectivity index (χ0v) is 7.59. The van der Waals surface area contributed by atoms with E-state index in [0.29, 0.717) is 0 Å². The van der Waals surface area contributed by atoms with Crippen LogP contribution in [0, 0.1) is 0 Å². The second-order valence-electron chi connectivity index (χ2n) is 3.42. The van der Waals surface area contributed by atoms with Gasteiger partial charge in [0.25, 0.3) is 0 Å². The van der Waals surface area contributed by atoms with Crippen molar-refractivity contribution in [2.45, 2.75) is 37.8 Å². The smallest absolute Gasteiger partial charge is 0.0709 e. The van der Waals surface area contributed by atoms with Gasteiger partial charge in [0.1, 0.15) is 0 Å². The molecule has 0 aliphatic heterocycles. The molecule has 1 rings (SSSR count). The van der Waals surface area contributed by atoms with Gasteiger partial charge in [-0.3, -0.25) is 5.43 Å². The Bertz CT molecular complexity index is 132. The number of nitrogens with zero attached hydrogens (tertiary/aromatic N) is 1. The number of nitrogens with one attached hydrogen (secondary N) is 1. The predicted molar refractivity (Wildman–Crippen MR) is 45.1 cm³/mol. The molecular formula is C8H18N2O. The minimum Gasteiger partial charge on any atom is -0.391 e. The Morgan fingerprint density at radius 3 is 2.18 bits per heavy atom. The van der Waals surface area contributed by atoms with E-state index in [2.05, 4.69) is 5.43 Å². The lowest BCUT2D eigenvalue weighted by Crippen LogP contribution is -2.62. The van der Waals surface area contributed by atoms with Gasteiger partial charge in [-0.2, -0.15) is 0 Å². The largest absolute Gasteiger partial charge is 0.391 e. The van der Waals surface area contributed by atoms with Crippen molar-refractivity contribution in [3.05, 3.63) is 0 Å². The topological polar surface area (TPSA) is 35.5 Å². The predicted octanol–water partition coefficient (Wildman–Crippen LogP) is 0.356. The zero-order chi connectivity index (χ0) is 8.48. The van der Waals surface area contributed by atoms with Crippen molar-refractivity contribution >= 4 is 0 Å². The Balaban J connectivity index is 2.59. The van der Waals surface area contributed by atoms with Crippen molar-refractivity contribution < 1.29 is 5.11 Å². The van der Waals surface area contributed by atoms with E-state index < -0.39 is 0 Å². The average molecular weight is 158 g/mol. The molecule has 0 amide bonds. The Morgan fingerprint density at radius 1 is 1.55 bits per heavy atom. The van der Waals surface area contributed by atoms with E-state index in [1.807, 2.05) is 26.0 Å². The molecule has 1 aliphatic carbocycles. The number of hydrogen-bond donors (Lipinski definition) is 2. The first-order valence-electron chi connectivity index (χ1n) is 4.23. The summed E-state index contributed by atoms with van der Waals surface area (Å²) in [5.74, 6) is 0. The third-order valence-electron chi connectivity index (χ3n) is 3.00. The number of aliphatic hydroxyl groups is 1. The van der Waals surface area contributed by atoms with Crippen molar-refractivity contribution in [2.24, 2.45) is 0 Å². The molecule has 0 aromatic carbocycles. The Labute approximate surface area is 68.4 Å². The van der Waals surface area contributed by atoms with Crippen LogP contribution in [0.5, 0.6) is 0 Å². The Kier molecular flexibility index (Phi) is 2.52. The minimum atomic E-state index is -0.242. The summed E-state index contributed by atoms with van der Waals surface area (Å²) in [6, 6.07) is 0. The monoisotopic (exact) mass is 158 g/mol. The highest BCUT2D eigenvalue weighted by Crippen LogP contribution is 2.38. The fraction of sp³-hybridized carbons (Fsp3) is 1.00. The first-order chi connectivity index (χ1) is 5.13. The lowest BCUT2D eigenvalue weighted by Gasteiger charge is -2.50.